The van der Waals surface area contributed by atoms with E-state index in [4.69, 9.17) is 14.2 Å². The van der Waals surface area contributed by atoms with Gasteiger partial charge in [0.15, 0.2) is 5.75 Å². The Labute approximate surface area is 191 Å². The number of aromatic hydroxyl groups is 1. The van der Waals surface area contributed by atoms with Gasteiger partial charge in [-0.25, -0.2) is 4.79 Å². The van der Waals surface area contributed by atoms with E-state index in [1.54, 1.807) is 42.5 Å². The Kier molecular flexibility index (Phi) is 6.31. The lowest BCUT2D eigenvalue weighted by Crippen LogP contribution is -2.00. The van der Waals surface area contributed by atoms with Gasteiger partial charge in [0.1, 0.15) is 29.5 Å². The Hall–Kier alpha value is -4.26. The van der Waals surface area contributed by atoms with Crippen LogP contribution in [0.15, 0.2) is 66.9 Å². The van der Waals surface area contributed by atoms with Gasteiger partial charge in [-0.05, 0) is 61.4 Å². The number of H-pyrrole nitrogens is 1. The molecule has 0 spiro atoms. The average Bonchev–Trinajstić information content (AvgIpc) is 3.27. The summed E-state index contributed by atoms with van der Waals surface area (Å²) in [5.74, 6) is 1.11. The van der Waals surface area contributed by atoms with Crippen LogP contribution in [0.4, 0.5) is 0 Å². The quantitative estimate of drug-likeness (QED) is 0.363. The highest BCUT2D eigenvalue weighted by Crippen LogP contribution is 2.38. The summed E-state index contributed by atoms with van der Waals surface area (Å²) >= 11 is 0. The lowest BCUT2D eigenvalue weighted by Gasteiger charge is -2.12. The summed E-state index contributed by atoms with van der Waals surface area (Å²) in [6.07, 6.45) is 1.52. The average molecular weight is 444 g/mol. The molecule has 0 amide bonds. The number of hydrogen-bond acceptors (Lipinski definition) is 6. The predicted octanol–water partition coefficient (Wildman–Crippen LogP) is 5.56. The third-order valence-electron chi connectivity index (χ3n) is 5.25. The Morgan fingerprint density at radius 2 is 1.76 bits per heavy atom. The number of benzene rings is 3. The van der Waals surface area contributed by atoms with Gasteiger partial charge in [0.2, 0.25) is 0 Å². The molecular formula is C26H24N2O5. The van der Waals surface area contributed by atoms with E-state index in [0.717, 1.165) is 11.1 Å². The standard InChI is InChI=1S/C26H24N2O5/c1-16-4-5-17(2)19(12-16)15-32-21-10-11-22(23(29)13-21)25-24(14-27-28-25)33-20-8-6-18(7-9-20)26(30)31-3/h4-14,29H,15H2,1-3H3,(H,27,28). The molecule has 7 nitrogen and oxygen atoms in total. The number of nitrogens with one attached hydrogen (secondary N) is 1. The maximum Gasteiger partial charge on any atom is 0.337 e. The third kappa shape index (κ3) is 4.98. The summed E-state index contributed by atoms with van der Waals surface area (Å²) in [6.45, 7) is 4.49. The molecule has 4 aromatic rings. The summed E-state index contributed by atoms with van der Waals surface area (Å²) in [6, 6.07) is 17.9. The second-order valence-electron chi connectivity index (χ2n) is 7.62. The SMILES string of the molecule is COC(=O)c1ccc(Oc2cn[nH]c2-c2ccc(OCc3cc(C)ccc3C)cc2O)cc1. The van der Waals surface area contributed by atoms with E-state index in [1.807, 2.05) is 13.8 Å². The molecule has 33 heavy (non-hydrogen) atoms. The normalized spacial score (nSPS) is 10.6. The van der Waals surface area contributed by atoms with Gasteiger partial charge in [0.25, 0.3) is 0 Å². The molecule has 0 saturated heterocycles. The second kappa shape index (κ2) is 9.48. The highest BCUT2D eigenvalue weighted by molar-refractivity contribution is 5.89. The van der Waals surface area contributed by atoms with Crippen molar-refractivity contribution < 1.29 is 24.1 Å². The topological polar surface area (TPSA) is 93.7 Å². The Balaban J connectivity index is 1.49. The van der Waals surface area contributed by atoms with E-state index >= 15 is 0 Å². The van der Waals surface area contributed by atoms with Gasteiger partial charge >= 0.3 is 5.97 Å². The van der Waals surface area contributed by atoms with Crippen LogP contribution in [0.2, 0.25) is 0 Å². The van der Waals surface area contributed by atoms with E-state index in [-0.39, 0.29) is 5.75 Å². The molecule has 0 fully saturated rings. The van der Waals surface area contributed by atoms with Crippen molar-refractivity contribution in [3.63, 3.8) is 0 Å². The van der Waals surface area contributed by atoms with Crippen LogP contribution < -0.4 is 9.47 Å². The van der Waals surface area contributed by atoms with Crippen molar-refractivity contribution in [2.45, 2.75) is 20.5 Å². The number of esters is 1. The minimum absolute atomic E-state index is 0.0311. The van der Waals surface area contributed by atoms with E-state index in [9.17, 15) is 9.90 Å². The molecule has 7 heteroatoms. The first-order chi connectivity index (χ1) is 15.9. The van der Waals surface area contributed by atoms with E-state index < -0.39 is 5.97 Å². The minimum atomic E-state index is -0.421. The molecule has 0 radical (unpaired) electrons. The smallest absolute Gasteiger partial charge is 0.337 e. The number of ether oxygens (including phenoxy) is 3. The first-order valence-electron chi connectivity index (χ1n) is 10.4. The molecule has 0 aliphatic rings. The molecule has 0 saturated carbocycles. The lowest BCUT2D eigenvalue weighted by molar-refractivity contribution is 0.0600. The summed E-state index contributed by atoms with van der Waals surface area (Å²) in [5, 5.41) is 17.5. The third-order valence-corrected chi connectivity index (χ3v) is 5.25. The van der Waals surface area contributed by atoms with Crippen molar-refractivity contribution >= 4 is 5.97 Å². The van der Waals surface area contributed by atoms with Crippen molar-refractivity contribution in [3.05, 3.63) is 89.1 Å². The van der Waals surface area contributed by atoms with Crippen molar-refractivity contribution in [1.82, 2.24) is 10.2 Å². The van der Waals surface area contributed by atoms with Gasteiger partial charge in [-0.15, -0.1) is 0 Å². The van der Waals surface area contributed by atoms with Crippen molar-refractivity contribution in [3.8, 4) is 34.3 Å². The number of nitrogens with zero attached hydrogens (tertiary/aromatic N) is 1. The predicted molar refractivity (Wildman–Crippen MR) is 124 cm³/mol. The molecule has 168 valence electrons. The number of rotatable bonds is 7. The second-order valence-corrected chi connectivity index (χ2v) is 7.62. The van der Waals surface area contributed by atoms with Crippen molar-refractivity contribution in [2.75, 3.05) is 7.11 Å². The highest BCUT2D eigenvalue weighted by Gasteiger charge is 2.15. The Bertz CT molecular complexity index is 1280. The molecule has 0 aliphatic heterocycles. The zero-order valence-electron chi connectivity index (χ0n) is 18.6. The van der Waals surface area contributed by atoms with Crippen molar-refractivity contribution in [2.24, 2.45) is 0 Å². The van der Waals surface area contributed by atoms with Crippen molar-refractivity contribution in [1.29, 1.82) is 0 Å². The molecule has 0 aliphatic carbocycles. The van der Waals surface area contributed by atoms with E-state index in [2.05, 4.69) is 28.4 Å². The number of aromatic amines is 1. The Morgan fingerprint density at radius 1 is 1.00 bits per heavy atom. The minimum Gasteiger partial charge on any atom is -0.507 e. The number of aromatic nitrogens is 2. The van der Waals surface area contributed by atoms with Crippen LogP contribution in [0.1, 0.15) is 27.0 Å². The molecule has 0 unspecified atom stereocenters. The highest BCUT2D eigenvalue weighted by atomic mass is 16.5. The van der Waals surface area contributed by atoms with Crippen LogP contribution in [-0.2, 0) is 11.3 Å². The molecule has 1 aromatic heterocycles. The van der Waals surface area contributed by atoms with Crippen LogP contribution in [0.5, 0.6) is 23.0 Å². The monoisotopic (exact) mass is 444 g/mol. The number of aryl methyl sites for hydroxylation is 2. The fraction of sp³-hybridized carbons (Fsp3) is 0.154. The Morgan fingerprint density at radius 3 is 2.48 bits per heavy atom. The molecule has 3 aromatic carbocycles. The molecule has 2 N–H and O–H groups in total. The number of methoxy groups -OCH3 is 1. The zero-order valence-corrected chi connectivity index (χ0v) is 18.6. The van der Waals surface area contributed by atoms with Crippen LogP contribution in [0.3, 0.4) is 0 Å². The van der Waals surface area contributed by atoms with Gasteiger partial charge in [-0.2, -0.15) is 5.10 Å². The first-order valence-corrected chi connectivity index (χ1v) is 10.4. The molecule has 0 bridgehead atoms. The largest absolute Gasteiger partial charge is 0.507 e. The molecule has 0 atom stereocenters. The van der Waals surface area contributed by atoms with Crippen LogP contribution >= 0.6 is 0 Å². The number of hydrogen-bond donors (Lipinski definition) is 2. The molecule has 4 rings (SSSR count). The van der Waals surface area contributed by atoms with Gasteiger partial charge in [0.05, 0.1) is 18.9 Å². The molecular weight excluding hydrogens is 420 g/mol. The van der Waals surface area contributed by atoms with Crippen LogP contribution in [-0.4, -0.2) is 28.4 Å². The number of carbonyl (C=O) groups is 1. The fourth-order valence-electron chi connectivity index (χ4n) is 3.38. The van der Waals surface area contributed by atoms with Gasteiger partial charge in [-0.3, -0.25) is 5.10 Å². The fourth-order valence-corrected chi connectivity index (χ4v) is 3.38. The summed E-state index contributed by atoms with van der Waals surface area (Å²) in [7, 11) is 1.33. The molecule has 1 heterocycles. The number of phenols is 1. The summed E-state index contributed by atoms with van der Waals surface area (Å²) in [4.78, 5) is 11.6. The summed E-state index contributed by atoms with van der Waals surface area (Å²) in [5.41, 5.74) is 4.88. The maximum absolute atomic E-state index is 11.6. The van der Waals surface area contributed by atoms with E-state index in [1.165, 1.54) is 18.9 Å². The van der Waals surface area contributed by atoms with Crippen LogP contribution in [0.25, 0.3) is 11.3 Å². The zero-order chi connectivity index (χ0) is 23.4. The summed E-state index contributed by atoms with van der Waals surface area (Å²) < 4.78 is 16.5. The van der Waals surface area contributed by atoms with E-state index in [0.29, 0.717) is 40.7 Å². The number of phenolic OH excluding ortho intramolecular Hbond substituents is 1. The van der Waals surface area contributed by atoms with Gasteiger partial charge < -0.3 is 19.3 Å². The van der Waals surface area contributed by atoms with Gasteiger partial charge in [-0.1, -0.05) is 23.8 Å². The van der Waals surface area contributed by atoms with Gasteiger partial charge in [0, 0.05) is 11.6 Å². The maximum atomic E-state index is 11.6. The van der Waals surface area contributed by atoms with Crippen LogP contribution in [0, 0.1) is 13.8 Å². The first kappa shape index (κ1) is 22.0. The number of carbonyl (C=O) groups excluding carboxylic acids is 1. The lowest BCUT2D eigenvalue weighted by atomic mass is 10.1.